The maximum atomic E-state index is 3.82. The summed E-state index contributed by atoms with van der Waals surface area (Å²) in [4.78, 5) is 2.69. The molecule has 1 aliphatic carbocycles. The standard InChI is InChI=1S/C14H27N3/c1-2-14(7-3-8-16-14)11-15-12-6-9-17(10-12)13-4-5-13/h12-13,15-16H,2-11H2,1H3. The smallest absolute Gasteiger partial charge is 0.0304 e. The maximum Gasteiger partial charge on any atom is 0.0304 e. The molecule has 2 unspecified atom stereocenters. The van der Waals surface area contributed by atoms with Crippen LogP contribution < -0.4 is 10.6 Å². The Morgan fingerprint density at radius 1 is 1.35 bits per heavy atom. The highest BCUT2D eigenvalue weighted by Gasteiger charge is 2.36. The zero-order valence-electron chi connectivity index (χ0n) is 11.2. The minimum atomic E-state index is 0.410. The number of rotatable bonds is 5. The molecule has 0 spiro atoms. The zero-order valence-corrected chi connectivity index (χ0v) is 11.2. The van der Waals surface area contributed by atoms with Crippen LogP contribution >= 0.6 is 0 Å². The average molecular weight is 237 g/mol. The summed E-state index contributed by atoms with van der Waals surface area (Å²) in [7, 11) is 0. The molecule has 2 saturated heterocycles. The summed E-state index contributed by atoms with van der Waals surface area (Å²) < 4.78 is 0. The Morgan fingerprint density at radius 3 is 2.88 bits per heavy atom. The van der Waals surface area contributed by atoms with Gasteiger partial charge in [-0.25, -0.2) is 0 Å². The maximum absolute atomic E-state index is 3.82. The topological polar surface area (TPSA) is 27.3 Å². The van der Waals surface area contributed by atoms with E-state index in [2.05, 4.69) is 22.5 Å². The van der Waals surface area contributed by atoms with Crippen LogP contribution in [0.4, 0.5) is 0 Å². The molecule has 2 atom stereocenters. The van der Waals surface area contributed by atoms with E-state index in [0.717, 1.165) is 12.1 Å². The summed E-state index contributed by atoms with van der Waals surface area (Å²) >= 11 is 0. The quantitative estimate of drug-likeness (QED) is 0.756. The molecule has 3 aliphatic rings. The van der Waals surface area contributed by atoms with Gasteiger partial charge in [0.1, 0.15) is 0 Å². The second kappa shape index (κ2) is 4.87. The lowest BCUT2D eigenvalue weighted by atomic mass is 9.94. The van der Waals surface area contributed by atoms with Crippen molar-refractivity contribution < 1.29 is 0 Å². The first-order valence-corrected chi connectivity index (χ1v) is 7.54. The fourth-order valence-corrected chi connectivity index (χ4v) is 3.51. The van der Waals surface area contributed by atoms with E-state index in [1.54, 1.807) is 0 Å². The molecular weight excluding hydrogens is 210 g/mol. The van der Waals surface area contributed by atoms with Gasteiger partial charge in [0.15, 0.2) is 0 Å². The van der Waals surface area contributed by atoms with Crippen molar-refractivity contribution in [3.05, 3.63) is 0 Å². The lowest BCUT2D eigenvalue weighted by Crippen LogP contribution is -2.50. The normalized spacial score (nSPS) is 39.0. The number of nitrogens with one attached hydrogen (secondary N) is 2. The number of likely N-dealkylation sites (tertiary alicyclic amines) is 1. The van der Waals surface area contributed by atoms with Gasteiger partial charge in [-0.3, -0.25) is 4.90 Å². The van der Waals surface area contributed by atoms with Crippen LogP contribution in [0.15, 0.2) is 0 Å². The van der Waals surface area contributed by atoms with Crippen molar-refractivity contribution in [2.24, 2.45) is 0 Å². The van der Waals surface area contributed by atoms with Crippen molar-refractivity contribution >= 4 is 0 Å². The van der Waals surface area contributed by atoms with E-state index in [9.17, 15) is 0 Å². The van der Waals surface area contributed by atoms with Gasteiger partial charge >= 0.3 is 0 Å². The highest BCUT2D eigenvalue weighted by atomic mass is 15.2. The molecule has 98 valence electrons. The third-order valence-corrected chi connectivity index (χ3v) is 5.02. The molecule has 2 N–H and O–H groups in total. The van der Waals surface area contributed by atoms with Crippen LogP contribution in [0.1, 0.15) is 45.4 Å². The van der Waals surface area contributed by atoms with Crippen molar-refractivity contribution in [2.75, 3.05) is 26.2 Å². The predicted molar refractivity (Wildman–Crippen MR) is 71.3 cm³/mol. The Labute approximate surface area is 105 Å². The Kier molecular flexibility index (Phi) is 3.42. The monoisotopic (exact) mass is 237 g/mol. The molecule has 0 amide bonds. The summed E-state index contributed by atoms with van der Waals surface area (Å²) in [6.07, 6.45) is 8.24. The van der Waals surface area contributed by atoms with Crippen LogP contribution in [0.5, 0.6) is 0 Å². The van der Waals surface area contributed by atoms with Gasteiger partial charge in [0.05, 0.1) is 0 Å². The van der Waals surface area contributed by atoms with E-state index in [1.807, 2.05) is 0 Å². The minimum absolute atomic E-state index is 0.410. The van der Waals surface area contributed by atoms with Crippen molar-refractivity contribution in [2.45, 2.75) is 63.1 Å². The SMILES string of the molecule is CCC1(CNC2CCN(C3CC3)C2)CCCN1. The van der Waals surface area contributed by atoms with Gasteiger partial charge in [-0.05, 0) is 45.1 Å². The lowest BCUT2D eigenvalue weighted by Gasteiger charge is -2.30. The Bertz CT molecular complexity index is 256. The Morgan fingerprint density at radius 2 is 2.24 bits per heavy atom. The van der Waals surface area contributed by atoms with E-state index in [1.165, 1.54) is 64.7 Å². The molecule has 2 aliphatic heterocycles. The Balaban J connectivity index is 1.44. The molecule has 3 rings (SSSR count). The van der Waals surface area contributed by atoms with Gasteiger partial charge in [0, 0.05) is 37.3 Å². The van der Waals surface area contributed by atoms with Gasteiger partial charge in [0.25, 0.3) is 0 Å². The van der Waals surface area contributed by atoms with Crippen molar-refractivity contribution in [3.8, 4) is 0 Å². The third-order valence-electron chi connectivity index (χ3n) is 5.02. The molecule has 3 fully saturated rings. The van der Waals surface area contributed by atoms with Gasteiger partial charge in [-0.15, -0.1) is 0 Å². The van der Waals surface area contributed by atoms with Crippen molar-refractivity contribution in [3.63, 3.8) is 0 Å². The van der Waals surface area contributed by atoms with Crippen LogP contribution in [0.2, 0.25) is 0 Å². The van der Waals surface area contributed by atoms with E-state index < -0.39 is 0 Å². The van der Waals surface area contributed by atoms with Crippen LogP contribution in [0, 0.1) is 0 Å². The van der Waals surface area contributed by atoms with Gasteiger partial charge in [-0.2, -0.15) is 0 Å². The highest BCUT2D eigenvalue weighted by molar-refractivity contribution is 4.97. The van der Waals surface area contributed by atoms with Crippen LogP contribution in [-0.4, -0.2) is 48.7 Å². The number of hydrogen-bond donors (Lipinski definition) is 2. The molecule has 0 radical (unpaired) electrons. The van der Waals surface area contributed by atoms with Crippen LogP contribution in [-0.2, 0) is 0 Å². The molecule has 0 aromatic rings. The fraction of sp³-hybridized carbons (Fsp3) is 1.00. The summed E-state index contributed by atoms with van der Waals surface area (Å²) in [5, 5.41) is 7.54. The molecular formula is C14H27N3. The van der Waals surface area contributed by atoms with Gasteiger partial charge < -0.3 is 10.6 Å². The molecule has 2 heterocycles. The zero-order chi connectivity index (χ0) is 11.7. The molecule has 3 nitrogen and oxygen atoms in total. The third kappa shape index (κ3) is 2.67. The van der Waals surface area contributed by atoms with E-state index in [4.69, 9.17) is 0 Å². The predicted octanol–water partition coefficient (Wildman–Crippen LogP) is 1.34. The van der Waals surface area contributed by atoms with Crippen molar-refractivity contribution in [1.82, 2.24) is 15.5 Å². The number of nitrogens with zero attached hydrogens (tertiary/aromatic N) is 1. The highest BCUT2D eigenvalue weighted by Crippen LogP contribution is 2.30. The Hall–Kier alpha value is -0.120. The summed E-state index contributed by atoms with van der Waals surface area (Å²) in [6.45, 7) is 7.34. The lowest BCUT2D eigenvalue weighted by molar-refractivity contribution is 0.297. The molecule has 17 heavy (non-hydrogen) atoms. The molecule has 0 aromatic carbocycles. The first kappa shape index (κ1) is 11.9. The first-order chi connectivity index (χ1) is 8.31. The first-order valence-electron chi connectivity index (χ1n) is 7.54. The average Bonchev–Trinajstić information content (AvgIpc) is 2.94. The van der Waals surface area contributed by atoms with Crippen LogP contribution in [0.3, 0.4) is 0 Å². The molecule has 1 saturated carbocycles. The fourth-order valence-electron chi connectivity index (χ4n) is 3.51. The van der Waals surface area contributed by atoms with Gasteiger partial charge in [-0.1, -0.05) is 6.92 Å². The second-order valence-electron chi connectivity index (χ2n) is 6.26. The summed E-state index contributed by atoms with van der Waals surface area (Å²) in [6, 6.07) is 1.70. The molecule has 3 heteroatoms. The summed E-state index contributed by atoms with van der Waals surface area (Å²) in [5.41, 5.74) is 0.410. The van der Waals surface area contributed by atoms with Gasteiger partial charge in [0.2, 0.25) is 0 Å². The molecule has 0 bridgehead atoms. The largest absolute Gasteiger partial charge is 0.311 e. The molecule has 0 aromatic heterocycles. The van der Waals surface area contributed by atoms with E-state index >= 15 is 0 Å². The second-order valence-corrected chi connectivity index (χ2v) is 6.26. The summed E-state index contributed by atoms with van der Waals surface area (Å²) in [5.74, 6) is 0. The number of hydrogen-bond acceptors (Lipinski definition) is 3. The minimum Gasteiger partial charge on any atom is -0.311 e. The van der Waals surface area contributed by atoms with Crippen LogP contribution in [0.25, 0.3) is 0 Å². The van der Waals surface area contributed by atoms with E-state index in [0.29, 0.717) is 5.54 Å². The van der Waals surface area contributed by atoms with E-state index in [-0.39, 0.29) is 0 Å². The van der Waals surface area contributed by atoms with Crippen molar-refractivity contribution in [1.29, 1.82) is 0 Å².